The molecule has 1 heterocycles. The number of nitrogens with two attached hydrogens (primary N) is 1. The van der Waals surface area contributed by atoms with E-state index < -0.39 is 5.60 Å². The van der Waals surface area contributed by atoms with Crippen LogP contribution in [0.25, 0.3) is 0 Å². The van der Waals surface area contributed by atoms with Crippen LogP contribution in [0.3, 0.4) is 0 Å². The molecule has 0 aromatic heterocycles. The number of guanidine groups is 1. The number of hydrogen-bond acceptors (Lipinski definition) is 3. The molecule has 28 heavy (non-hydrogen) atoms. The predicted octanol–water partition coefficient (Wildman–Crippen LogP) is 4.69. The molecule has 6 nitrogen and oxygen atoms in total. The molecule has 1 aliphatic heterocycles. The third kappa shape index (κ3) is 7.48. The zero-order chi connectivity index (χ0) is 20.2. The smallest absolute Gasteiger partial charge is 0.410 e. The minimum atomic E-state index is -0.462. The van der Waals surface area contributed by atoms with Crippen molar-refractivity contribution in [1.29, 1.82) is 0 Å². The second-order valence-corrected chi connectivity index (χ2v) is 8.90. The van der Waals surface area contributed by atoms with Crippen LogP contribution in [-0.4, -0.2) is 42.2 Å². The summed E-state index contributed by atoms with van der Waals surface area (Å²) in [5, 5.41) is 3.16. The lowest BCUT2D eigenvalue weighted by Gasteiger charge is -2.38. The minimum Gasteiger partial charge on any atom is -0.444 e. The van der Waals surface area contributed by atoms with Gasteiger partial charge in [-0.25, -0.2) is 4.79 Å². The fraction of sp³-hybridized carbons (Fsp3) is 0.619. The quantitative estimate of drug-likeness (QED) is 0.357. The molecule has 0 unspecified atom stereocenters. The summed E-state index contributed by atoms with van der Waals surface area (Å²) < 4.78 is 5.46. The number of nitrogens with one attached hydrogen (secondary N) is 1. The molecule has 0 saturated carbocycles. The maximum Gasteiger partial charge on any atom is 0.410 e. The second kappa shape index (κ2) is 9.80. The summed E-state index contributed by atoms with van der Waals surface area (Å²) in [4.78, 5) is 18.5. The van der Waals surface area contributed by atoms with Crippen molar-refractivity contribution >= 4 is 41.7 Å². The number of benzene rings is 1. The third-order valence-corrected chi connectivity index (χ3v) is 5.03. The molecule has 158 valence electrons. The van der Waals surface area contributed by atoms with Crippen molar-refractivity contribution in [2.24, 2.45) is 16.1 Å². The van der Waals surface area contributed by atoms with E-state index in [-0.39, 0.29) is 35.5 Å². The molecule has 3 N–H and O–H groups in total. The van der Waals surface area contributed by atoms with Gasteiger partial charge in [-0.05, 0) is 76.1 Å². The van der Waals surface area contributed by atoms with E-state index in [9.17, 15) is 4.79 Å². The molecule has 1 aromatic carbocycles. The normalized spacial score (nSPS) is 16.9. The van der Waals surface area contributed by atoms with Gasteiger partial charge < -0.3 is 20.7 Å². The molecule has 0 aliphatic carbocycles. The van der Waals surface area contributed by atoms with Gasteiger partial charge in [-0.1, -0.05) is 13.0 Å². The largest absolute Gasteiger partial charge is 0.444 e. The van der Waals surface area contributed by atoms with Crippen molar-refractivity contribution in [3.63, 3.8) is 0 Å². The molecule has 0 bridgehead atoms. The van der Waals surface area contributed by atoms with Crippen LogP contribution in [0.1, 0.15) is 51.7 Å². The average Bonchev–Trinajstić information content (AvgIpc) is 2.55. The molecule has 2 rings (SSSR count). The van der Waals surface area contributed by atoms with Crippen LogP contribution in [0, 0.1) is 19.3 Å². The van der Waals surface area contributed by atoms with Crippen LogP contribution in [0.2, 0.25) is 0 Å². The van der Waals surface area contributed by atoms with E-state index >= 15 is 0 Å². The number of rotatable bonds is 3. The van der Waals surface area contributed by atoms with Gasteiger partial charge in [-0.2, -0.15) is 0 Å². The molecule has 1 saturated heterocycles. The average molecular weight is 502 g/mol. The molecule has 0 atom stereocenters. The first-order chi connectivity index (χ1) is 12.5. The molecular weight excluding hydrogens is 467 g/mol. The minimum absolute atomic E-state index is 0. The number of likely N-dealkylation sites (tertiary alicyclic amines) is 1. The molecule has 1 amide bonds. The van der Waals surface area contributed by atoms with Crippen molar-refractivity contribution in [2.75, 3.05) is 25.0 Å². The summed E-state index contributed by atoms with van der Waals surface area (Å²) in [6, 6.07) is 6.14. The van der Waals surface area contributed by atoms with Crippen LogP contribution >= 0.6 is 24.0 Å². The Morgan fingerprint density at radius 3 is 2.39 bits per heavy atom. The number of anilines is 1. The lowest BCUT2D eigenvalue weighted by Crippen LogP contribution is -2.45. The molecule has 0 spiro atoms. The number of aliphatic imine (C=N–C) groups is 1. The monoisotopic (exact) mass is 502 g/mol. The Bertz CT molecular complexity index is 705. The van der Waals surface area contributed by atoms with Gasteiger partial charge in [-0.3, -0.25) is 4.99 Å². The number of carbonyl (C=O) groups is 1. The Balaban J connectivity index is 0.00000392. The maximum absolute atomic E-state index is 12.2. The van der Waals surface area contributed by atoms with E-state index in [1.54, 1.807) is 4.90 Å². The fourth-order valence-corrected chi connectivity index (χ4v) is 3.00. The number of hydrogen-bond donors (Lipinski definition) is 2. The van der Waals surface area contributed by atoms with E-state index in [0.29, 0.717) is 25.6 Å². The summed E-state index contributed by atoms with van der Waals surface area (Å²) in [5.74, 6) is 0.425. The van der Waals surface area contributed by atoms with Gasteiger partial charge >= 0.3 is 6.09 Å². The summed E-state index contributed by atoms with van der Waals surface area (Å²) in [6.07, 6.45) is 1.53. The van der Waals surface area contributed by atoms with Crippen molar-refractivity contribution in [3.8, 4) is 0 Å². The number of nitrogens with zero attached hydrogens (tertiary/aromatic N) is 2. The van der Waals surface area contributed by atoms with E-state index in [0.717, 1.165) is 18.5 Å². The lowest BCUT2D eigenvalue weighted by molar-refractivity contribution is 0.0127. The zero-order valence-corrected chi connectivity index (χ0v) is 20.3. The molecule has 1 fully saturated rings. The van der Waals surface area contributed by atoms with Crippen LogP contribution in [0.15, 0.2) is 23.2 Å². The van der Waals surface area contributed by atoms with Gasteiger partial charge in [0, 0.05) is 25.3 Å². The number of amides is 1. The van der Waals surface area contributed by atoms with Crippen LogP contribution in [-0.2, 0) is 4.74 Å². The number of piperidine rings is 1. The molecule has 1 aliphatic rings. The predicted molar refractivity (Wildman–Crippen MR) is 127 cm³/mol. The first-order valence-electron chi connectivity index (χ1n) is 9.60. The summed E-state index contributed by atoms with van der Waals surface area (Å²) in [5.41, 5.74) is 9.06. The Labute approximate surface area is 186 Å². The van der Waals surface area contributed by atoms with E-state index in [2.05, 4.69) is 43.2 Å². The van der Waals surface area contributed by atoms with Crippen molar-refractivity contribution in [3.05, 3.63) is 29.3 Å². The molecule has 0 radical (unpaired) electrons. The zero-order valence-electron chi connectivity index (χ0n) is 18.0. The lowest BCUT2D eigenvalue weighted by atomic mass is 9.80. The van der Waals surface area contributed by atoms with E-state index in [1.807, 2.05) is 26.8 Å². The highest BCUT2D eigenvalue weighted by Gasteiger charge is 2.33. The standard InChI is InChI=1S/C21H34N4O2.HI/c1-15-7-8-17(13-16(15)2)24-18(22)23-14-21(6)9-11-25(12-10-21)19(26)27-20(3,4)5;/h7-8,13H,9-12,14H2,1-6H3,(H3,22,23,24);1H. The maximum atomic E-state index is 12.2. The SMILES string of the molecule is Cc1ccc(NC(N)=NCC2(C)CCN(C(=O)OC(C)(C)C)CC2)cc1C.I. The first-order valence-corrected chi connectivity index (χ1v) is 9.60. The molecule has 7 heteroatoms. The van der Waals surface area contributed by atoms with E-state index in [1.165, 1.54) is 11.1 Å². The van der Waals surface area contributed by atoms with Gasteiger partial charge in [-0.15, -0.1) is 24.0 Å². The Hall–Kier alpha value is -1.51. The van der Waals surface area contributed by atoms with Gasteiger partial charge in [0.1, 0.15) is 5.60 Å². The summed E-state index contributed by atoms with van der Waals surface area (Å²) in [7, 11) is 0. The Kier molecular flexibility index (Phi) is 8.59. The number of halogens is 1. The van der Waals surface area contributed by atoms with Crippen LogP contribution in [0.4, 0.5) is 10.5 Å². The van der Waals surface area contributed by atoms with Crippen molar-refractivity contribution in [2.45, 2.75) is 60.0 Å². The molecular formula is C21H35IN4O2. The summed E-state index contributed by atoms with van der Waals surface area (Å²) in [6.45, 7) is 14.0. The van der Waals surface area contributed by atoms with Crippen molar-refractivity contribution < 1.29 is 9.53 Å². The third-order valence-electron chi connectivity index (χ3n) is 5.03. The van der Waals surface area contributed by atoms with Crippen LogP contribution in [0.5, 0.6) is 0 Å². The van der Waals surface area contributed by atoms with Gasteiger partial charge in [0.05, 0.1) is 0 Å². The highest BCUT2D eigenvalue weighted by Crippen LogP contribution is 2.31. The second-order valence-electron chi connectivity index (χ2n) is 8.90. The highest BCUT2D eigenvalue weighted by atomic mass is 127. The van der Waals surface area contributed by atoms with Gasteiger partial charge in [0.25, 0.3) is 0 Å². The van der Waals surface area contributed by atoms with Crippen LogP contribution < -0.4 is 11.1 Å². The van der Waals surface area contributed by atoms with Crippen molar-refractivity contribution in [1.82, 2.24) is 4.90 Å². The fourth-order valence-electron chi connectivity index (χ4n) is 3.00. The van der Waals surface area contributed by atoms with Gasteiger partial charge in [0.2, 0.25) is 0 Å². The highest BCUT2D eigenvalue weighted by molar-refractivity contribution is 14.0. The summed E-state index contributed by atoms with van der Waals surface area (Å²) >= 11 is 0. The number of aryl methyl sites for hydroxylation is 2. The van der Waals surface area contributed by atoms with E-state index in [4.69, 9.17) is 10.5 Å². The Morgan fingerprint density at radius 1 is 1.25 bits per heavy atom. The first kappa shape index (κ1) is 24.5. The number of ether oxygens (including phenoxy) is 1. The topological polar surface area (TPSA) is 80.0 Å². The van der Waals surface area contributed by atoms with Gasteiger partial charge in [0.15, 0.2) is 5.96 Å². The number of carbonyl (C=O) groups excluding carboxylic acids is 1. The molecule has 1 aromatic rings. The Morgan fingerprint density at radius 2 is 1.86 bits per heavy atom.